The van der Waals surface area contributed by atoms with Crippen molar-refractivity contribution in [1.29, 1.82) is 0 Å². The van der Waals surface area contributed by atoms with Gasteiger partial charge in [0.05, 0.1) is 6.54 Å². The van der Waals surface area contributed by atoms with Crippen LogP contribution in [-0.2, 0) is 0 Å². The van der Waals surface area contributed by atoms with Crippen molar-refractivity contribution in [3.05, 3.63) is 0 Å². The Bertz CT molecular complexity index is 237. The van der Waals surface area contributed by atoms with Gasteiger partial charge in [0.2, 0.25) is 0 Å². The van der Waals surface area contributed by atoms with Gasteiger partial charge in [0.25, 0.3) is 0 Å². The average molecular weight is 241 g/mol. The van der Waals surface area contributed by atoms with Crippen LogP contribution in [0.2, 0.25) is 0 Å². The van der Waals surface area contributed by atoms with E-state index in [9.17, 15) is 0 Å². The smallest absolute Gasteiger partial charge is 0.153 e. The lowest BCUT2D eigenvalue weighted by Gasteiger charge is -2.30. The molecule has 100 valence electrons. The lowest BCUT2D eigenvalue weighted by molar-refractivity contribution is 0.190. The Morgan fingerprint density at radius 1 is 1.47 bits per heavy atom. The van der Waals surface area contributed by atoms with E-state index in [0.717, 1.165) is 6.54 Å². The first kappa shape index (κ1) is 14.3. The monoisotopic (exact) mass is 241 g/mol. The van der Waals surface area contributed by atoms with E-state index in [1.807, 2.05) is 0 Å². The molecule has 0 saturated heterocycles. The molecule has 1 saturated carbocycles. The number of nitrogens with zero attached hydrogens (tertiary/aromatic N) is 2. The molecule has 0 amide bonds. The molecule has 0 aromatic rings. The molecule has 0 radical (unpaired) electrons. The Morgan fingerprint density at radius 3 is 2.65 bits per heavy atom. The summed E-state index contributed by atoms with van der Waals surface area (Å²) in [7, 11) is 0. The van der Waals surface area contributed by atoms with Crippen molar-refractivity contribution in [2.24, 2.45) is 16.8 Å². The maximum atomic E-state index is 8.70. The topological polar surface area (TPSA) is 61.8 Å². The molecule has 0 spiro atoms. The Balaban J connectivity index is 2.51. The summed E-state index contributed by atoms with van der Waals surface area (Å²) in [6.45, 7) is 6.18. The second kappa shape index (κ2) is 7.54. The molecule has 1 rings (SSSR count). The van der Waals surface area contributed by atoms with Gasteiger partial charge < -0.3 is 10.9 Å². The Labute approximate surface area is 105 Å². The maximum Gasteiger partial charge on any atom is 0.153 e. The standard InChI is InChI=1S/C13H27N3O/c1-3-6-11(2)9-16(10-13(14)15-17)12-7-4-5-8-12/h11-12,17H,3-10H2,1-2H3,(H2,14,15). The van der Waals surface area contributed by atoms with E-state index in [1.54, 1.807) is 0 Å². The highest BCUT2D eigenvalue weighted by Gasteiger charge is 2.24. The number of nitrogens with two attached hydrogens (primary N) is 1. The molecule has 1 aliphatic carbocycles. The molecule has 4 heteroatoms. The van der Waals surface area contributed by atoms with Crippen LogP contribution in [0.4, 0.5) is 0 Å². The fraction of sp³-hybridized carbons (Fsp3) is 0.923. The number of hydrogen-bond acceptors (Lipinski definition) is 3. The molecule has 0 heterocycles. The fourth-order valence-corrected chi connectivity index (χ4v) is 2.84. The minimum atomic E-state index is 0.334. The van der Waals surface area contributed by atoms with Crippen LogP contribution in [0.5, 0.6) is 0 Å². The molecule has 1 aliphatic rings. The minimum Gasteiger partial charge on any atom is -0.409 e. The number of amidine groups is 1. The molecule has 4 nitrogen and oxygen atoms in total. The van der Waals surface area contributed by atoms with Gasteiger partial charge in [-0.25, -0.2) is 0 Å². The molecule has 3 N–H and O–H groups in total. The molecule has 0 aromatic carbocycles. The molecule has 0 aromatic heterocycles. The van der Waals surface area contributed by atoms with E-state index in [0.29, 0.717) is 24.3 Å². The van der Waals surface area contributed by atoms with E-state index in [4.69, 9.17) is 10.9 Å². The summed E-state index contributed by atoms with van der Waals surface area (Å²) < 4.78 is 0. The van der Waals surface area contributed by atoms with Gasteiger partial charge in [-0.05, 0) is 25.2 Å². The summed E-state index contributed by atoms with van der Waals surface area (Å²) in [5.74, 6) is 1.02. The summed E-state index contributed by atoms with van der Waals surface area (Å²) in [5.41, 5.74) is 5.65. The molecule has 17 heavy (non-hydrogen) atoms. The van der Waals surface area contributed by atoms with Crippen LogP contribution in [0.1, 0.15) is 52.4 Å². The third-order valence-electron chi connectivity index (χ3n) is 3.66. The number of hydrogen-bond donors (Lipinski definition) is 2. The first-order valence-electron chi connectivity index (χ1n) is 6.87. The van der Waals surface area contributed by atoms with Gasteiger partial charge in [0.1, 0.15) is 0 Å². The third kappa shape index (κ3) is 4.94. The van der Waals surface area contributed by atoms with E-state index in [1.165, 1.54) is 38.5 Å². The third-order valence-corrected chi connectivity index (χ3v) is 3.66. The number of oxime groups is 1. The van der Waals surface area contributed by atoms with Gasteiger partial charge in [0, 0.05) is 12.6 Å². The van der Waals surface area contributed by atoms with Crippen LogP contribution >= 0.6 is 0 Å². The molecular weight excluding hydrogens is 214 g/mol. The van der Waals surface area contributed by atoms with E-state index < -0.39 is 0 Å². The highest BCUT2D eigenvalue weighted by Crippen LogP contribution is 2.24. The van der Waals surface area contributed by atoms with Crippen LogP contribution in [0, 0.1) is 5.92 Å². The molecule has 0 bridgehead atoms. The van der Waals surface area contributed by atoms with Crippen molar-refractivity contribution in [2.75, 3.05) is 13.1 Å². The summed E-state index contributed by atoms with van der Waals surface area (Å²) in [6.07, 6.45) is 7.64. The maximum absolute atomic E-state index is 8.70. The number of rotatable bonds is 7. The van der Waals surface area contributed by atoms with E-state index in [2.05, 4.69) is 23.9 Å². The second-order valence-electron chi connectivity index (χ2n) is 5.35. The van der Waals surface area contributed by atoms with Gasteiger partial charge in [-0.1, -0.05) is 38.3 Å². The minimum absolute atomic E-state index is 0.334. The van der Waals surface area contributed by atoms with Crippen LogP contribution in [0.15, 0.2) is 5.16 Å². The lowest BCUT2D eigenvalue weighted by atomic mass is 10.0. The van der Waals surface area contributed by atoms with Gasteiger partial charge in [-0.2, -0.15) is 0 Å². The molecule has 1 unspecified atom stereocenters. The van der Waals surface area contributed by atoms with Gasteiger partial charge in [-0.15, -0.1) is 0 Å². The lowest BCUT2D eigenvalue weighted by Crippen LogP contribution is -2.42. The summed E-state index contributed by atoms with van der Waals surface area (Å²) in [4.78, 5) is 2.41. The van der Waals surface area contributed by atoms with Gasteiger partial charge in [0.15, 0.2) is 5.84 Å². The van der Waals surface area contributed by atoms with E-state index >= 15 is 0 Å². The normalized spacial score (nSPS) is 20.1. The van der Waals surface area contributed by atoms with Gasteiger partial charge >= 0.3 is 0 Å². The first-order valence-corrected chi connectivity index (χ1v) is 6.87. The average Bonchev–Trinajstić information content (AvgIpc) is 2.81. The second-order valence-corrected chi connectivity index (χ2v) is 5.35. The molecule has 1 fully saturated rings. The van der Waals surface area contributed by atoms with Gasteiger partial charge in [-0.3, -0.25) is 4.90 Å². The van der Waals surface area contributed by atoms with Crippen LogP contribution < -0.4 is 5.73 Å². The Kier molecular flexibility index (Phi) is 6.34. The highest BCUT2D eigenvalue weighted by molar-refractivity contribution is 5.81. The zero-order valence-corrected chi connectivity index (χ0v) is 11.2. The molecule has 0 aliphatic heterocycles. The van der Waals surface area contributed by atoms with Crippen LogP contribution in [0.3, 0.4) is 0 Å². The van der Waals surface area contributed by atoms with Crippen molar-refractivity contribution >= 4 is 5.84 Å². The predicted octanol–water partition coefficient (Wildman–Crippen LogP) is 2.41. The van der Waals surface area contributed by atoms with Crippen molar-refractivity contribution in [3.63, 3.8) is 0 Å². The fourth-order valence-electron chi connectivity index (χ4n) is 2.84. The summed E-state index contributed by atoms with van der Waals surface area (Å²) >= 11 is 0. The Hall–Kier alpha value is -0.770. The van der Waals surface area contributed by atoms with Crippen LogP contribution in [-0.4, -0.2) is 35.1 Å². The zero-order valence-electron chi connectivity index (χ0n) is 11.2. The van der Waals surface area contributed by atoms with Crippen molar-refractivity contribution in [3.8, 4) is 0 Å². The van der Waals surface area contributed by atoms with Crippen molar-refractivity contribution < 1.29 is 5.21 Å². The summed E-state index contributed by atoms with van der Waals surface area (Å²) in [6, 6.07) is 0.634. The first-order chi connectivity index (χ1) is 8.17. The summed E-state index contributed by atoms with van der Waals surface area (Å²) in [5, 5.41) is 11.8. The zero-order chi connectivity index (χ0) is 12.7. The van der Waals surface area contributed by atoms with E-state index in [-0.39, 0.29) is 0 Å². The predicted molar refractivity (Wildman–Crippen MR) is 71.3 cm³/mol. The Morgan fingerprint density at radius 2 is 2.12 bits per heavy atom. The SMILES string of the molecule is CCCC(C)CN(CC(N)=NO)C1CCCC1. The van der Waals surface area contributed by atoms with Crippen molar-refractivity contribution in [1.82, 2.24) is 4.90 Å². The molecular formula is C13H27N3O. The van der Waals surface area contributed by atoms with Crippen molar-refractivity contribution in [2.45, 2.75) is 58.4 Å². The largest absolute Gasteiger partial charge is 0.409 e. The van der Waals surface area contributed by atoms with Crippen LogP contribution in [0.25, 0.3) is 0 Å². The quantitative estimate of drug-likeness (QED) is 0.311. The highest BCUT2D eigenvalue weighted by atomic mass is 16.4. The molecule has 1 atom stereocenters.